The first-order valence-electron chi connectivity index (χ1n) is 9.24. The number of thioether (sulfide) groups is 2. The molecule has 0 aromatic heterocycles. The lowest BCUT2D eigenvalue weighted by Crippen LogP contribution is -2.43. The van der Waals surface area contributed by atoms with Crippen molar-refractivity contribution in [1.82, 2.24) is 0 Å². The summed E-state index contributed by atoms with van der Waals surface area (Å²) in [6.07, 6.45) is 0. The van der Waals surface area contributed by atoms with E-state index in [-0.39, 0.29) is 11.5 Å². The molecule has 2 aromatic rings. The fourth-order valence-corrected chi connectivity index (χ4v) is 6.53. The summed E-state index contributed by atoms with van der Waals surface area (Å²) in [5, 5.41) is 3.56. The van der Waals surface area contributed by atoms with Crippen molar-refractivity contribution in [2.24, 2.45) is 0 Å². The Balaban J connectivity index is 1.89. The number of ether oxygens (including phenoxy) is 1. The minimum atomic E-state index is -0.359. The molecule has 0 bridgehead atoms. The van der Waals surface area contributed by atoms with Gasteiger partial charge in [-0.3, -0.25) is 0 Å². The van der Waals surface area contributed by atoms with Crippen LogP contribution in [0.5, 0.6) is 0 Å². The van der Waals surface area contributed by atoms with Crippen molar-refractivity contribution in [3.05, 3.63) is 74.4 Å². The quantitative estimate of drug-likeness (QED) is 0.338. The molecule has 148 valence electrons. The molecule has 1 N–H and O–H groups in total. The average molecular weight is 440 g/mol. The molecule has 0 aliphatic carbocycles. The number of methoxy groups -OCH3 is 1. The molecule has 0 saturated carbocycles. The molecule has 2 aliphatic heterocycles. The molecule has 0 fully saturated rings. The minimum Gasteiger partial charge on any atom is -0.465 e. The molecule has 0 saturated heterocycles. The first-order chi connectivity index (χ1) is 13.8. The second-order valence-electron chi connectivity index (χ2n) is 7.51. The standard InChI is InChI=1S/C23H21NO2S3/c1-13-10-11-16-15(12-13)17(20(27)23(2,3)24-16)22-28-18(14-8-6-5-7-9-14)19(29-22)21(25)26-4/h5-12,24H,1-4H3/b22-17-. The maximum atomic E-state index is 12.6. The van der Waals surface area contributed by atoms with Crippen LogP contribution in [-0.2, 0) is 9.53 Å². The molecule has 0 spiro atoms. The maximum Gasteiger partial charge on any atom is 0.345 e. The second-order valence-corrected chi connectivity index (χ2v) is 10.2. The van der Waals surface area contributed by atoms with Crippen molar-refractivity contribution < 1.29 is 9.53 Å². The first-order valence-corrected chi connectivity index (χ1v) is 11.3. The number of aryl methyl sites for hydroxylation is 1. The van der Waals surface area contributed by atoms with Crippen LogP contribution in [0.2, 0.25) is 0 Å². The first kappa shape index (κ1) is 20.3. The van der Waals surface area contributed by atoms with E-state index in [1.54, 1.807) is 11.8 Å². The molecule has 4 rings (SSSR count). The predicted molar refractivity (Wildman–Crippen MR) is 129 cm³/mol. The van der Waals surface area contributed by atoms with Gasteiger partial charge >= 0.3 is 5.97 Å². The Morgan fingerprint density at radius 1 is 1.10 bits per heavy atom. The van der Waals surface area contributed by atoms with Gasteiger partial charge in [-0.25, -0.2) is 4.79 Å². The topological polar surface area (TPSA) is 38.3 Å². The van der Waals surface area contributed by atoms with Gasteiger partial charge in [0.1, 0.15) is 4.91 Å². The van der Waals surface area contributed by atoms with Gasteiger partial charge in [-0.1, -0.05) is 77.7 Å². The molecule has 2 aromatic carbocycles. The summed E-state index contributed by atoms with van der Waals surface area (Å²) in [7, 11) is 1.42. The van der Waals surface area contributed by atoms with E-state index in [9.17, 15) is 4.79 Å². The van der Waals surface area contributed by atoms with E-state index in [2.05, 4.69) is 44.3 Å². The van der Waals surface area contributed by atoms with Crippen LogP contribution in [0.3, 0.4) is 0 Å². The van der Waals surface area contributed by atoms with Crippen LogP contribution in [0.25, 0.3) is 10.5 Å². The van der Waals surface area contributed by atoms with Crippen LogP contribution in [0.1, 0.15) is 30.5 Å². The molecule has 0 radical (unpaired) electrons. The highest BCUT2D eigenvalue weighted by Crippen LogP contribution is 2.58. The number of esters is 1. The van der Waals surface area contributed by atoms with Crippen molar-refractivity contribution >= 4 is 62.7 Å². The Morgan fingerprint density at radius 3 is 2.52 bits per heavy atom. The van der Waals surface area contributed by atoms with Gasteiger partial charge in [0, 0.05) is 26.6 Å². The van der Waals surface area contributed by atoms with Crippen LogP contribution < -0.4 is 5.32 Å². The van der Waals surface area contributed by atoms with E-state index >= 15 is 0 Å². The van der Waals surface area contributed by atoms with Gasteiger partial charge in [-0.05, 0) is 38.5 Å². The van der Waals surface area contributed by atoms with E-state index in [4.69, 9.17) is 17.0 Å². The number of benzene rings is 2. The maximum absolute atomic E-state index is 12.6. The Hall–Kier alpha value is -2.02. The largest absolute Gasteiger partial charge is 0.465 e. The summed E-state index contributed by atoms with van der Waals surface area (Å²) in [5.41, 5.74) is 4.99. The molecule has 29 heavy (non-hydrogen) atoms. The summed E-state index contributed by atoms with van der Waals surface area (Å²) in [6.45, 7) is 6.26. The molecular formula is C23H21NO2S3. The predicted octanol–water partition coefficient (Wildman–Crippen LogP) is 6.26. The zero-order chi connectivity index (χ0) is 20.8. The van der Waals surface area contributed by atoms with Crippen molar-refractivity contribution in [2.75, 3.05) is 12.4 Å². The van der Waals surface area contributed by atoms with Crippen LogP contribution in [0.4, 0.5) is 5.69 Å². The monoisotopic (exact) mass is 439 g/mol. The average Bonchev–Trinajstić information content (AvgIpc) is 3.14. The Kier molecular flexibility index (Phi) is 5.36. The van der Waals surface area contributed by atoms with Gasteiger partial charge in [-0.15, -0.1) is 0 Å². The van der Waals surface area contributed by atoms with Crippen molar-refractivity contribution in [3.63, 3.8) is 0 Å². The van der Waals surface area contributed by atoms with E-state index in [1.807, 2.05) is 30.3 Å². The van der Waals surface area contributed by atoms with E-state index < -0.39 is 0 Å². The Bertz CT molecular complexity index is 1080. The van der Waals surface area contributed by atoms with Gasteiger partial charge < -0.3 is 10.1 Å². The molecule has 0 unspecified atom stereocenters. The fourth-order valence-electron chi connectivity index (χ4n) is 3.41. The van der Waals surface area contributed by atoms with Crippen molar-refractivity contribution in [2.45, 2.75) is 26.3 Å². The van der Waals surface area contributed by atoms with Gasteiger partial charge in [-0.2, -0.15) is 0 Å². The van der Waals surface area contributed by atoms with Gasteiger partial charge in [0.25, 0.3) is 0 Å². The Morgan fingerprint density at radius 2 is 1.83 bits per heavy atom. The number of nitrogens with one attached hydrogen (secondary N) is 1. The fraction of sp³-hybridized carbons (Fsp3) is 0.217. The summed E-state index contributed by atoms with van der Waals surface area (Å²) in [4.78, 5) is 14.9. The van der Waals surface area contributed by atoms with Crippen LogP contribution in [0, 0.1) is 6.92 Å². The highest BCUT2D eigenvalue weighted by Gasteiger charge is 2.38. The normalized spacial score (nSPS) is 20.3. The van der Waals surface area contributed by atoms with E-state index in [1.165, 1.54) is 24.4 Å². The number of carbonyl (C=O) groups excluding carboxylic acids is 1. The molecule has 2 aliphatic rings. The molecule has 2 heterocycles. The molecular weight excluding hydrogens is 418 g/mol. The number of rotatable bonds is 2. The third-order valence-electron chi connectivity index (χ3n) is 4.89. The van der Waals surface area contributed by atoms with E-state index in [0.29, 0.717) is 4.91 Å². The third-order valence-corrected chi connectivity index (χ3v) is 8.23. The third kappa shape index (κ3) is 3.65. The van der Waals surface area contributed by atoms with Gasteiger partial charge in [0.2, 0.25) is 0 Å². The SMILES string of the molecule is COC(=O)C1=C(c2ccccc2)S/C(=C2/C(=S)C(C)(C)Nc3ccc(C)cc32)S1. The molecule has 6 heteroatoms. The molecule has 3 nitrogen and oxygen atoms in total. The van der Waals surface area contributed by atoms with E-state index in [0.717, 1.165) is 36.4 Å². The highest BCUT2D eigenvalue weighted by molar-refractivity contribution is 8.32. The van der Waals surface area contributed by atoms with Crippen LogP contribution in [0.15, 0.2) is 57.7 Å². The highest BCUT2D eigenvalue weighted by atomic mass is 32.2. The molecule has 0 atom stereocenters. The minimum absolute atomic E-state index is 0.319. The van der Waals surface area contributed by atoms with Crippen LogP contribution >= 0.6 is 35.7 Å². The van der Waals surface area contributed by atoms with Crippen molar-refractivity contribution in [3.8, 4) is 0 Å². The number of thiocarbonyl (C=S) groups is 1. The lowest BCUT2D eigenvalue weighted by atomic mass is 9.85. The van der Waals surface area contributed by atoms with Gasteiger partial charge in [0.05, 0.1) is 16.9 Å². The zero-order valence-corrected chi connectivity index (χ0v) is 19.1. The molecule has 0 amide bonds. The lowest BCUT2D eigenvalue weighted by Gasteiger charge is -2.37. The number of anilines is 1. The number of hydrogen-bond donors (Lipinski definition) is 1. The zero-order valence-electron chi connectivity index (χ0n) is 16.7. The Labute approximate surface area is 185 Å². The smallest absolute Gasteiger partial charge is 0.345 e. The summed E-state index contributed by atoms with van der Waals surface area (Å²) < 4.78 is 6.10. The lowest BCUT2D eigenvalue weighted by molar-refractivity contribution is -0.135. The summed E-state index contributed by atoms with van der Waals surface area (Å²) in [6, 6.07) is 16.3. The van der Waals surface area contributed by atoms with Gasteiger partial charge in [0.15, 0.2) is 0 Å². The van der Waals surface area contributed by atoms with Crippen LogP contribution in [-0.4, -0.2) is 23.5 Å². The number of fused-ring (bicyclic) bond motifs is 1. The number of carbonyl (C=O) groups is 1. The number of hydrogen-bond acceptors (Lipinski definition) is 6. The van der Waals surface area contributed by atoms with Crippen molar-refractivity contribution in [1.29, 1.82) is 0 Å². The summed E-state index contributed by atoms with van der Waals surface area (Å²) in [5.74, 6) is -0.319. The summed E-state index contributed by atoms with van der Waals surface area (Å²) >= 11 is 8.99. The second kappa shape index (κ2) is 7.67.